The number of imidazole rings is 1. The summed E-state index contributed by atoms with van der Waals surface area (Å²) in [7, 11) is 2.20. The number of rotatable bonds is 11. The number of aryl methyl sites for hydroxylation is 1. The van der Waals surface area contributed by atoms with Gasteiger partial charge in [0, 0.05) is 61.3 Å². The molecule has 5 heterocycles. The molecule has 226 valence electrons. The molecule has 6 rings (SSSR count). The molecule has 0 amide bonds. The number of hydrogen-bond acceptors (Lipinski definition) is 7. The molecule has 0 radical (unpaired) electrons. The van der Waals surface area contributed by atoms with Crippen LogP contribution in [-0.2, 0) is 19.5 Å². The lowest BCUT2D eigenvalue weighted by atomic mass is 10.1. The van der Waals surface area contributed by atoms with E-state index in [1.165, 1.54) is 0 Å². The van der Waals surface area contributed by atoms with Gasteiger partial charge in [0.05, 0.1) is 41.9 Å². The first kappa shape index (κ1) is 29.1. The fourth-order valence-electron chi connectivity index (χ4n) is 6.03. The molecule has 1 fully saturated rings. The van der Waals surface area contributed by atoms with Crippen molar-refractivity contribution in [2.45, 2.75) is 53.2 Å². The highest BCUT2D eigenvalue weighted by Gasteiger charge is 2.20. The van der Waals surface area contributed by atoms with E-state index >= 15 is 0 Å². The molecule has 43 heavy (non-hydrogen) atoms. The summed E-state index contributed by atoms with van der Waals surface area (Å²) in [5.41, 5.74) is 7.31. The number of nitrogens with one attached hydrogen (secondary N) is 1. The van der Waals surface area contributed by atoms with Crippen LogP contribution in [0.25, 0.3) is 16.6 Å². The summed E-state index contributed by atoms with van der Waals surface area (Å²) >= 11 is 0. The zero-order valence-corrected chi connectivity index (χ0v) is 26.1. The molecular formula is C34H44N8O. The first-order valence-electron chi connectivity index (χ1n) is 15.5. The van der Waals surface area contributed by atoms with Crippen LogP contribution in [0.15, 0.2) is 60.9 Å². The molecule has 1 N–H and O–H groups in total. The highest BCUT2D eigenvalue weighted by molar-refractivity contribution is 5.94. The number of piperazine rings is 1. The summed E-state index contributed by atoms with van der Waals surface area (Å²) in [6.07, 6.45) is 4.97. The molecule has 0 unspecified atom stereocenters. The Kier molecular flexibility index (Phi) is 8.63. The van der Waals surface area contributed by atoms with E-state index in [1.54, 1.807) is 0 Å². The van der Waals surface area contributed by atoms with Crippen LogP contribution >= 0.6 is 0 Å². The van der Waals surface area contributed by atoms with Crippen molar-refractivity contribution in [2.75, 3.05) is 45.2 Å². The maximum Gasteiger partial charge on any atom is 0.140 e. The van der Waals surface area contributed by atoms with Crippen molar-refractivity contribution in [1.29, 1.82) is 0 Å². The molecule has 1 aliphatic rings. The van der Waals surface area contributed by atoms with Gasteiger partial charge in [-0.3, -0.25) is 14.6 Å². The van der Waals surface area contributed by atoms with Crippen LogP contribution < -0.4 is 10.1 Å². The Hall–Kier alpha value is -3.95. The van der Waals surface area contributed by atoms with Crippen LogP contribution in [0.1, 0.15) is 43.5 Å². The Morgan fingerprint density at radius 3 is 2.74 bits per heavy atom. The average Bonchev–Trinajstić information content (AvgIpc) is 3.53. The maximum atomic E-state index is 6.11. The molecule has 9 nitrogen and oxygen atoms in total. The summed E-state index contributed by atoms with van der Waals surface area (Å²) in [5.74, 6) is 1.44. The Morgan fingerprint density at radius 1 is 1.07 bits per heavy atom. The minimum absolute atomic E-state index is 0.578. The van der Waals surface area contributed by atoms with Gasteiger partial charge in [0.1, 0.15) is 18.0 Å². The number of anilines is 1. The number of aromatic nitrogens is 5. The van der Waals surface area contributed by atoms with E-state index in [0.29, 0.717) is 31.7 Å². The van der Waals surface area contributed by atoms with E-state index in [4.69, 9.17) is 14.8 Å². The SMILES string of the molecule is Cc1nn(Cc2cccc(CC(C)C)n2)c2cccc(NCc3cnc4cc(OCCN5CCN(C)[C@@H](C)C5)ccn34)c12. The molecule has 1 aromatic carbocycles. The molecule has 1 atom stereocenters. The lowest BCUT2D eigenvalue weighted by Crippen LogP contribution is -2.50. The Labute approximate surface area is 254 Å². The summed E-state index contributed by atoms with van der Waals surface area (Å²) in [6, 6.07) is 17.3. The second-order valence-corrected chi connectivity index (χ2v) is 12.3. The minimum atomic E-state index is 0.578. The van der Waals surface area contributed by atoms with Crippen LogP contribution in [0.3, 0.4) is 0 Å². The van der Waals surface area contributed by atoms with Gasteiger partial charge >= 0.3 is 0 Å². The maximum absolute atomic E-state index is 6.11. The van der Waals surface area contributed by atoms with Gasteiger partial charge in [-0.15, -0.1) is 0 Å². The number of hydrogen-bond donors (Lipinski definition) is 1. The zero-order chi connectivity index (χ0) is 29.9. The lowest BCUT2D eigenvalue weighted by Gasteiger charge is -2.37. The molecular weight excluding hydrogens is 536 g/mol. The number of likely N-dealkylation sites (N-methyl/N-ethyl adjacent to an activating group) is 1. The van der Waals surface area contributed by atoms with Gasteiger partial charge in [-0.2, -0.15) is 5.10 Å². The van der Waals surface area contributed by atoms with Gasteiger partial charge in [-0.05, 0) is 63.6 Å². The molecule has 1 saturated heterocycles. The van der Waals surface area contributed by atoms with Gasteiger partial charge in [-0.25, -0.2) is 4.98 Å². The van der Waals surface area contributed by atoms with Crippen molar-refractivity contribution in [3.8, 4) is 5.75 Å². The third-order valence-electron chi connectivity index (χ3n) is 8.49. The number of ether oxygens (including phenoxy) is 1. The molecule has 4 aromatic heterocycles. The molecule has 1 aliphatic heterocycles. The molecule has 0 spiro atoms. The fourth-order valence-corrected chi connectivity index (χ4v) is 6.03. The monoisotopic (exact) mass is 580 g/mol. The summed E-state index contributed by atoms with van der Waals surface area (Å²) in [6.45, 7) is 15.0. The van der Waals surface area contributed by atoms with Gasteiger partial charge in [0.15, 0.2) is 0 Å². The van der Waals surface area contributed by atoms with Gasteiger partial charge in [-0.1, -0.05) is 26.0 Å². The first-order chi connectivity index (χ1) is 20.8. The molecule has 0 bridgehead atoms. The normalized spacial score (nSPS) is 16.5. The van der Waals surface area contributed by atoms with E-state index in [0.717, 1.165) is 83.4 Å². The number of benzene rings is 1. The van der Waals surface area contributed by atoms with E-state index in [-0.39, 0.29) is 0 Å². The quantitative estimate of drug-likeness (QED) is 0.228. The van der Waals surface area contributed by atoms with E-state index < -0.39 is 0 Å². The van der Waals surface area contributed by atoms with Crippen molar-refractivity contribution in [2.24, 2.45) is 5.92 Å². The van der Waals surface area contributed by atoms with Gasteiger partial charge in [0.2, 0.25) is 0 Å². The second-order valence-electron chi connectivity index (χ2n) is 12.3. The highest BCUT2D eigenvalue weighted by atomic mass is 16.5. The second kappa shape index (κ2) is 12.7. The summed E-state index contributed by atoms with van der Waals surface area (Å²) in [4.78, 5) is 14.5. The molecule has 9 heteroatoms. The van der Waals surface area contributed by atoms with Crippen LogP contribution in [0.5, 0.6) is 5.75 Å². The van der Waals surface area contributed by atoms with Gasteiger partial charge < -0.3 is 19.4 Å². The first-order valence-corrected chi connectivity index (χ1v) is 15.5. The fraction of sp³-hybridized carbons (Fsp3) is 0.441. The largest absolute Gasteiger partial charge is 0.492 e. The van der Waals surface area contributed by atoms with E-state index in [1.807, 2.05) is 18.3 Å². The predicted octanol–water partition coefficient (Wildman–Crippen LogP) is 5.26. The van der Waals surface area contributed by atoms with E-state index in [9.17, 15) is 0 Å². The molecule has 0 aliphatic carbocycles. The van der Waals surface area contributed by atoms with E-state index in [2.05, 4.69) is 107 Å². The van der Waals surface area contributed by atoms with Crippen molar-refractivity contribution >= 4 is 22.2 Å². The zero-order valence-electron chi connectivity index (χ0n) is 26.1. The lowest BCUT2D eigenvalue weighted by molar-refractivity contribution is 0.0928. The summed E-state index contributed by atoms with van der Waals surface area (Å²) in [5, 5.41) is 9.69. The summed E-state index contributed by atoms with van der Waals surface area (Å²) < 4.78 is 10.3. The standard InChI is InChI=1S/C34H44N8O/c1-24(2)18-27-8-6-9-28(37-27)23-42-32-11-7-10-31(34(32)26(4)38-42)35-20-29-21-36-33-19-30(12-13-41(29)33)43-17-16-40-15-14-39(5)25(3)22-40/h6-13,19,21,24-25,35H,14-18,20,22-23H2,1-5H3/t25-/m0/s1. The van der Waals surface area contributed by atoms with Crippen LogP contribution in [0.4, 0.5) is 5.69 Å². The van der Waals surface area contributed by atoms with Crippen molar-refractivity contribution in [3.63, 3.8) is 0 Å². The van der Waals surface area contributed by atoms with Crippen molar-refractivity contribution in [1.82, 2.24) is 33.9 Å². The number of pyridine rings is 2. The predicted molar refractivity (Wildman–Crippen MR) is 173 cm³/mol. The number of nitrogens with zero attached hydrogens (tertiary/aromatic N) is 7. The van der Waals surface area contributed by atoms with Gasteiger partial charge in [0.25, 0.3) is 0 Å². The molecule has 0 saturated carbocycles. The average molecular weight is 581 g/mol. The van der Waals surface area contributed by atoms with Crippen LogP contribution in [-0.4, -0.2) is 79.8 Å². The third kappa shape index (κ3) is 6.68. The van der Waals surface area contributed by atoms with Crippen LogP contribution in [0, 0.1) is 12.8 Å². The minimum Gasteiger partial charge on any atom is -0.492 e. The Balaban J connectivity index is 1.11. The highest BCUT2D eigenvalue weighted by Crippen LogP contribution is 2.28. The molecule has 5 aromatic rings. The number of fused-ring (bicyclic) bond motifs is 2. The van der Waals surface area contributed by atoms with Crippen molar-refractivity contribution in [3.05, 3.63) is 83.7 Å². The Bertz CT molecular complexity index is 1690. The third-order valence-corrected chi connectivity index (χ3v) is 8.49. The van der Waals surface area contributed by atoms with Crippen LogP contribution in [0.2, 0.25) is 0 Å². The van der Waals surface area contributed by atoms with Crippen molar-refractivity contribution < 1.29 is 4.74 Å². The smallest absolute Gasteiger partial charge is 0.140 e. The topological polar surface area (TPSA) is 75.7 Å². The Morgan fingerprint density at radius 2 is 1.91 bits per heavy atom.